The molecule has 0 unspecified atom stereocenters. The van der Waals surface area contributed by atoms with Crippen molar-refractivity contribution < 1.29 is 27.8 Å². The van der Waals surface area contributed by atoms with Gasteiger partial charge in [0, 0.05) is 45.1 Å². The number of likely N-dealkylation sites (N-methyl/N-ethyl adjacent to an activating group) is 1. The zero-order valence-corrected chi connectivity index (χ0v) is 18.9. The van der Waals surface area contributed by atoms with Crippen molar-refractivity contribution in [1.29, 1.82) is 0 Å². The number of rotatable bonds is 5. The predicted octanol–water partition coefficient (Wildman–Crippen LogP) is 0.931. The summed E-state index contributed by atoms with van der Waals surface area (Å²) in [6.45, 7) is 5.41. The van der Waals surface area contributed by atoms with Crippen LogP contribution in [0.2, 0.25) is 0 Å². The third-order valence-corrected chi connectivity index (χ3v) is 7.13. The zero-order chi connectivity index (χ0) is 22.5. The summed E-state index contributed by atoms with van der Waals surface area (Å²) >= 11 is 0. The molecule has 1 N–H and O–H groups in total. The number of ether oxygens (including phenoxy) is 2. The molecule has 0 bridgehead atoms. The smallest absolute Gasteiger partial charge is 0.247 e. The van der Waals surface area contributed by atoms with Gasteiger partial charge >= 0.3 is 0 Å². The van der Waals surface area contributed by atoms with Crippen molar-refractivity contribution in [2.75, 3.05) is 40.5 Å². The van der Waals surface area contributed by atoms with Crippen molar-refractivity contribution >= 4 is 15.9 Å². The highest BCUT2D eigenvalue weighted by Crippen LogP contribution is 2.34. The lowest BCUT2D eigenvalue weighted by atomic mass is 10.0. The van der Waals surface area contributed by atoms with Gasteiger partial charge in [0.05, 0.1) is 13.2 Å². The van der Waals surface area contributed by atoms with Gasteiger partial charge < -0.3 is 19.5 Å². The van der Waals surface area contributed by atoms with E-state index in [4.69, 9.17) is 9.47 Å². The molecule has 30 heavy (non-hydrogen) atoms. The second kappa shape index (κ2) is 10.3. The van der Waals surface area contributed by atoms with Gasteiger partial charge in [-0.15, -0.1) is 0 Å². The molecule has 1 aliphatic heterocycles. The van der Waals surface area contributed by atoms with E-state index >= 15 is 0 Å². The number of carbonyl (C=O) groups excluding carboxylic acids is 1. The monoisotopic (exact) mass is 438 g/mol. The number of carbonyl (C=O) groups is 1. The van der Waals surface area contributed by atoms with Crippen LogP contribution < -0.4 is 4.74 Å². The Morgan fingerprint density at radius 2 is 2.17 bits per heavy atom. The lowest BCUT2D eigenvalue weighted by Crippen LogP contribution is -2.50. The van der Waals surface area contributed by atoms with Crippen LogP contribution in [0.4, 0.5) is 0 Å². The largest absolute Gasteiger partial charge is 0.487 e. The third kappa shape index (κ3) is 5.52. The van der Waals surface area contributed by atoms with E-state index in [2.05, 4.69) is 11.8 Å². The molecular formula is C21H30N2O6S. The van der Waals surface area contributed by atoms with Gasteiger partial charge in [-0.05, 0) is 25.1 Å². The van der Waals surface area contributed by atoms with Crippen LogP contribution in [0, 0.1) is 17.8 Å². The molecule has 2 rings (SSSR count). The quantitative estimate of drug-likeness (QED) is 0.687. The topological polar surface area (TPSA) is 96.4 Å². The number of amides is 1. The van der Waals surface area contributed by atoms with Gasteiger partial charge in [-0.25, -0.2) is 8.42 Å². The minimum Gasteiger partial charge on any atom is -0.487 e. The molecule has 1 amide bonds. The number of nitrogens with zero attached hydrogens (tertiary/aromatic N) is 2. The Balaban J connectivity index is 2.57. The first-order valence-corrected chi connectivity index (χ1v) is 11.2. The SMILES string of the molecule is COCC#Cc1ccc2c(c1)O[C@@H](CN(C)C(C)=O)[C@@H](C)CN([C@H](C)CO)S2(=O)=O. The highest BCUT2D eigenvalue weighted by atomic mass is 32.2. The molecule has 0 spiro atoms. The zero-order valence-electron chi connectivity index (χ0n) is 18.1. The maximum absolute atomic E-state index is 13.3. The van der Waals surface area contributed by atoms with Crippen LogP contribution >= 0.6 is 0 Å². The van der Waals surface area contributed by atoms with Crippen molar-refractivity contribution in [3.63, 3.8) is 0 Å². The van der Waals surface area contributed by atoms with E-state index in [0.717, 1.165) is 0 Å². The molecule has 1 heterocycles. The average molecular weight is 439 g/mol. The van der Waals surface area contributed by atoms with Crippen molar-refractivity contribution in [3.8, 4) is 17.6 Å². The second-order valence-electron chi connectivity index (χ2n) is 7.54. The maximum atomic E-state index is 13.3. The number of hydrogen-bond acceptors (Lipinski definition) is 6. The number of aliphatic hydroxyl groups is 1. The Labute approximate surface area is 178 Å². The van der Waals surface area contributed by atoms with E-state index in [9.17, 15) is 18.3 Å². The fraction of sp³-hybridized carbons (Fsp3) is 0.571. The highest BCUT2D eigenvalue weighted by Gasteiger charge is 2.38. The van der Waals surface area contributed by atoms with Gasteiger partial charge in [0.1, 0.15) is 23.4 Å². The van der Waals surface area contributed by atoms with Gasteiger partial charge in [-0.1, -0.05) is 18.8 Å². The molecule has 0 saturated carbocycles. The van der Waals surface area contributed by atoms with E-state index in [-0.39, 0.29) is 42.2 Å². The summed E-state index contributed by atoms with van der Waals surface area (Å²) in [6, 6.07) is 4.08. The Morgan fingerprint density at radius 3 is 2.77 bits per heavy atom. The van der Waals surface area contributed by atoms with Gasteiger partial charge in [0.2, 0.25) is 15.9 Å². The Morgan fingerprint density at radius 1 is 1.47 bits per heavy atom. The van der Waals surface area contributed by atoms with Gasteiger partial charge in [0.25, 0.3) is 0 Å². The predicted molar refractivity (Wildman–Crippen MR) is 113 cm³/mol. The summed E-state index contributed by atoms with van der Waals surface area (Å²) in [5.74, 6) is 5.60. The summed E-state index contributed by atoms with van der Waals surface area (Å²) in [4.78, 5) is 13.3. The minimum absolute atomic E-state index is 0.0162. The third-order valence-electron chi connectivity index (χ3n) is 5.11. The number of benzene rings is 1. The first kappa shape index (κ1) is 24.2. The molecule has 0 aromatic heterocycles. The van der Waals surface area contributed by atoms with Crippen molar-refractivity contribution in [1.82, 2.24) is 9.21 Å². The molecule has 0 saturated heterocycles. The number of hydrogen-bond donors (Lipinski definition) is 1. The molecule has 1 aromatic rings. The second-order valence-corrected chi connectivity index (χ2v) is 9.39. The standard InChI is InChI=1S/C21H30N2O6S/c1-15-12-23(16(2)14-24)30(26,27)21-9-8-18(7-6-10-28-5)11-19(21)29-20(15)13-22(4)17(3)25/h8-9,11,15-16,20,24H,10,12-14H2,1-5H3/t15-,16+,20-/m0/s1. The van der Waals surface area contributed by atoms with Crippen molar-refractivity contribution in [2.24, 2.45) is 5.92 Å². The lowest BCUT2D eigenvalue weighted by Gasteiger charge is -2.37. The van der Waals surface area contributed by atoms with Crippen LogP contribution in [0.5, 0.6) is 5.75 Å². The average Bonchev–Trinajstić information content (AvgIpc) is 2.70. The fourth-order valence-electron chi connectivity index (χ4n) is 3.13. The van der Waals surface area contributed by atoms with Crippen LogP contribution in [0.15, 0.2) is 23.1 Å². The van der Waals surface area contributed by atoms with Crippen LogP contribution in [0.25, 0.3) is 0 Å². The Hall–Kier alpha value is -2.12. The number of fused-ring (bicyclic) bond motifs is 1. The van der Waals surface area contributed by atoms with Crippen molar-refractivity contribution in [3.05, 3.63) is 23.8 Å². The lowest BCUT2D eigenvalue weighted by molar-refractivity contribution is -0.129. The van der Waals surface area contributed by atoms with Crippen LogP contribution in [0.1, 0.15) is 26.3 Å². The highest BCUT2D eigenvalue weighted by molar-refractivity contribution is 7.89. The van der Waals surface area contributed by atoms with Crippen LogP contribution in [-0.2, 0) is 19.6 Å². The number of aliphatic hydroxyl groups excluding tert-OH is 1. The van der Waals surface area contributed by atoms with Gasteiger partial charge in [-0.3, -0.25) is 4.79 Å². The molecule has 0 radical (unpaired) electrons. The molecule has 1 aromatic carbocycles. The molecule has 8 nitrogen and oxygen atoms in total. The molecule has 0 aliphatic carbocycles. The molecule has 0 fully saturated rings. The summed E-state index contributed by atoms with van der Waals surface area (Å²) < 4.78 is 39.1. The van der Waals surface area contributed by atoms with E-state index in [1.165, 1.54) is 17.3 Å². The summed E-state index contributed by atoms with van der Waals surface area (Å²) in [5, 5.41) is 9.64. The van der Waals surface area contributed by atoms with Gasteiger partial charge in [0.15, 0.2) is 0 Å². The van der Waals surface area contributed by atoms with Gasteiger partial charge in [-0.2, -0.15) is 4.31 Å². The van der Waals surface area contributed by atoms with E-state index in [1.807, 2.05) is 6.92 Å². The Bertz CT molecular complexity index is 921. The van der Waals surface area contributed by atoms with Crippen LogP contribution in [0.3, 0.4) is 0 Å². The summed E-state index contributed by atoms with van der Waals surface area (Å²) in [7, 11) is -0.685. The molecular weight excluding hydrogens is 408 g/mol. The first-order valence-electron chi connectivity index (χ1n) is 9.74. The molecule has 1 aliphatic rings. The number of sulfonamides is 1. The summed E-state index contributed by atoms with van der Waals surface area (Å²) in [6.07, 6.45) is -0.441. The van der Waals surface area contributed by atoms with Crippen LogP contribution in [-0.4, -0.2) is 81.2 Å². The van der Waals surface area contributed by atoms with Crippen molar-refractivity contribution in [2.45, 2.75) is 37.8 Å². The molecule has 166 valence electrons. The summed E-state index contributed by atoms with van der Waals surface area (Å²) in [5.41, 5.74) is 0.592. The maximum Gasteiger partial charge on any atom is 0.247 e. The molecule has 9 heteroatoms. The number of methoxy groups -OCH3 is 1. The molecule has 3 atom stereocenters. The minimum atomic E-state index is -3.90. The van der Waals surface area contributed by atoms with E-state index < -0.39 is 22.2 Å². The normalized spacial score (nSPS) is 21.8. The van der Waals surface area contributed by atoms with E-state index in [0.29, 0.717) is 12.1 Å². The van der Waals surface area contributed by atoms with E-state index in [1.54, 1.807) is 38.1 Å². The first-order chi connectivity index (χ1) is 14.1. The fourth-order valence-corrected chi connectivity index (χ4v) is 4.96. The Kier molecular flexibility index (Phi) is 8.26.